The first-order valence-electron chi connectivity index (χ1n) is 17.6. The quantitative estimate of drug-likeness (QED) is 0.0726. The van der Waals surface area contributed by atoms with E-state index in [4.69, 9.17) is 0 Å². The lowest BCUT2D eigenvalue weighted by molar-refractivity contribution is -0.154. The van der Waals surface area contributed by atoms with Crippen molar-refractivity contribution in [3.63, 3.8) is 0 Å². The minimum Gasteiger partial charge on any atom is -0.388 e. The first-order valence-corrected chi connectivity index (χ1v) is 20.8. The Morgan fingerprint density at radius 1 is 0.717 bits per heavy atom. The Kier molecular flexibility index (Phi) is 20.7. The third-order valence-corrected chi connectivity index (χ3v) is 12.3. The van der Waals surface area contributed by atoms with Crippen LogP contribution in [-0.2, 0) is 24.7 Å². The van der Waals surface area contributed by atoms with E-state index in [1.807, 2.05) is 0 Å². The molecule has 0 saturated heterocycles. The van der Waals surface area contributed by atoms with Gasteiger partial charge in [0.25, 0.3) is 0 Å². The second-order valence-corrected chi connectivity index (χ2v) is 17.0. The molecule has 11 heteroatoms. The zero-order chi connectivity index (χ0) is 34.6. The van der Waals surface area contributed by atoms with Crippen LogP contribution in [0.1, 0.15) is 148 Å². The Hall–Kier alpha value is -1.37. The van der Waals surface area contributed by atoms with Crippen LogP contribution in [0.2, 0.25) is 0 Å². The van der Waals surface area contributed by atoms with Crippen molar-refractivity contribution in [1.82, 2.24) is 4.72 Å². The molecule has 0 fully saturated rings. The highest BCUT2D eigenvalue weighted by molar-refractivity contribution is 7.92. The number of carbonyl (C=O) groups excluding carboxylic acids is 1. The number of nitrogens with one attached hydrogen (secondary N) is 1. The van der Waals surface area contributed by atoms with Crippen LogP contribution in [0, 0.1) is 6.92 Å². The van der Waals surface area contributed by atoms with Crippen molar-refractivity contribution in [2.45, 2.75) is 178 Å². The van der Waals surface area contributed by atoms with Crippen LogP contribution in [-0.4, -0.2) is 66.9 Å². The van der Waals surface area contributed by atoms with Crippen LogP contribution in [0.25, 0.3) is 0 Å². The summed E-state index contributed by atoms with van der Waals surface area (Å²) in [6.45, 7) is 7.13. The van der Waals surface area contributed by atoms with E-state index in [0.29, 0.717) is 19.3 Å². The van der Waals surface area contributed by atoms with Crippen LogP contribution >= 0.6 is 0 Å². The highest BCUT2D eigenvalue weighted by Gasteiger charge is 2.50. The number of rotatable bonds is 28. The van der Waals surface area contributed by atoms with E-state index in [2.05, 4.69) is 18.6 Å². The molecule has 4 atom stereocenters. The van der Waals surface area contributed by atoms with E-state index in [0.717, 1.165) is 63.9 Å². The van der Waals surface area contributed by atoms with Gasteiger partial charge in [-0.1, -0.05) is 141 Å². The molecular formula is C35H63NO8S2. The number of carbonyl (C=O) groups is 1. The number of unbranched alkanes of at least 4 members (excludes halogenated alkanes) is 16. The summed E-state index contributed by atoms with van der Waals surface area (Å²) in [6.07, 6.45) is 15.0. The predicted molar refractivity (Wildman–Crippen MR) is 186 cm³/mol. The van der Waals surface area contributed by atoms with Crippen molar-refractivity contribution in [1.29, 1.82) is 0 Å². The number of hydrogen-bond acceptors (Lipinski definition) is 8. The molecule has 1 rings (SSSR count). The second kappa shape index (κ2) is 22.3. The van der Waals surface area contributed by atoms with E-state index in [-0.39, 0.29) is 17.7 Å². The number of hydrogen-bond donors (Lipinski definition) is 4. The summed E-state index contributed by atoms with van der Waals surface area (Å²) in [5.74, 6) is -1.25. The molecule has 0 amide bonds. The Bertz CT molecular complexity index is 1190. The van der Waals surface area contributed by atoms with Gasteiger partial charge in [0.1, 0.15) is 11.7 Å². The normalized spacial score (nSPS) is 15.7. The molecule has 1 aromatic carbocycles. The molecule has 0 saturated carbocycles. The molecule has 0 aliphatic heterocycles. The van der Waals surface area contributed by atoms with Crippen molar-refractivity contribution in [2.24, 2.45) is 0 Å². The van der Waals surface area contributed by atoms with Gasteiger partial charge in [-0.15, -0.1) is 0 Å². The Morgan fingerprint density at radius 2 is 1.13 bits per heavy atom. The number of sulfone groups is 1. The number of ketones is 1. The number of benzene rings is 1. The topological polar surface area (TPSA) is 158 Å². The highest BCUT2D eigenvalue weighted by Crippen LogP contribution is 2.28. The van der Waals surface area contributed by atoms with Crippen molar-refractivity contribution in [3.05, 3.63) is 29.8 Å². The SMILES string of the molecule is CCCCCCCCCCCCCC[C@](O)(C(C)=O)[C@@H](O)[C@@H](NS(=O)(=O)c1ccc(C)cc1)C(O)S(=O)(=O)CCCCCCCC. The average Bonchev–Trinajstić information content (AvgIpc) is 3.01. The molecule has 1 unspecified atom stereocenters. The number of aryl methyl sites for hydroxylation is 1. The molecule has 268 valence electrons. The number of aliphatic hydroxyl groups excluding tert-OH is 2. The summed E-state index contributed by atoms with van der Waals surface area (Å²) in [7, 11) is -8.80. The predicted octanol–water partition coefficient (Wildman–Crippen LogP) is 6.51. The van der Waals surface area contributed by atoms with E-state index in [1.165, 1.54) is 50.7 Å². The number of aliphatic hydroxyl groups is 3. The lowest BCUT2D eigenvalue weighted by atomic mass is 9.83. The van der Waals surface area contributed by atoms with Gasteiger partial charge in [-0.2, -0.15) is 0 Å². The van der Waals surface area contributed by atoms with E-state index < -0.39 is 54.6 Å². The minimum atomic E-state index is -4.45. The summed E-state index contributed by atoms with van der Waals surface area (Å²) in [6, 6.07) is 3.68. The molecule has 1 aromatic rings. The summed E-state index contributed by atoms with van der Waals surface area (Å²) in [4.78, 5) is 12.6. The molecule has 0 aliphatic carbocycles. The number of Topliss-reactive ketones (excluding diaryl/α,β-unsaturated/α-hetero) is 1. The van der Waals surface area contributed by atoms with Crippen LogP contribution in [0.4, 0.5) is 0 Å². The largest absolute Gasteiger partial charge is 0.388 e. The zero-order valence-electron chi connectivity index (χ0n) is 28.9. The Labute approximate surface area is 279 Å². The van der Waals surface area contributed by atoms with Gasteiger partial charge in [0.2, 0.25) is 10.0 Å². The van der Waals surface area contributed by atoms with Gasteiger partial charge in [0, 0.05) is 0 Å². The van der Waals surface area contributed by atoms with Crippen molar-refractivity contribution >= 4 is 25.6 Å². The van der Waals surface area contributed by atoms with Crippen LogP contribution in [0.15, 0.2) is 29.2 Å². The molecule has 0 heterocycles. The average molecular weight is 690 g/mol. The maximum absolute atomic E-state index is 13.3. The number of sulfonamides is 1. The van der Waals surface area contributed by atoms with Gasteiger partial charge in [-0.05, 0) is 38.8 Å². The molecule has 0 radical (unpaired) electrons. The smallest absolute Gasteiger partial charge is 0.241 e. The first-order chi connectivity index (χ1) is 21.7. The molecule has 46 heavy (non-hydrogen) atoms. The third-order valence-electron chi connectivity index (χ3n) is 8.93. The lowest BCUT2D eigenvalue weighted by Crippen LogP contribution is -2.63. The first kappa shape index (κ1) is 42.7. The molecule has 0 aromatic heterocycles. The fourth-order valence-corrected chi connectivity index (χ4v) is 8.58. The van der Waals surface area contributed by atoms with Gasteiger partial charge in [0.15, 0.2) is 21.1 Å². The molecular weight excluding hydrogens is 627 g/mol. The van der Waals surface area contributed by atoms with Gasteiger partial charge in [-0.3, -0.25) is 4.79 Å². The highest BCUT2D eigenvalue weighted by atomic mass is 32.2. The Morgan fingerprint density at radius 3 is 1.57 bits per heavy atom. The zero-order valence-corrected chi connectivity index (χ0v) is 30.5. The lowest BCUT2D eigenvalue weighted by Gasteiger charge is -2.37. The standard InChI is InChI=1S/C35H63NO8S2/c1-5-7-9-11-13-14-15-16-17-18-19-21-27-35(40,30(4)37)33(38)32(36-46(43,44)31-25-23-29(3)24-26-31)34(39)45(41,42)28-22-20-12-10-8-6-2/h23-26,32-34,36,38-40H,5-22,27-28H2,1-4H3/t32-,33+,34?,35+/m1/s1. The van der Waals surface area contributed by atoms with Gasteiger partial charge in [-0.25, -0.2) is 21.6 Å². The molecule has 0 bridgehead atoms. The maximum Gasteiger partial charge on any atom is 0.241 e. The van der Waals surface area contributed by atoms with E-state index in [9.17, 15) is 36.9 Å². The minimum absolute atomic E-state index is 0.201. The fourth-order valence-electron chi connectivity index (χ4n) is 5.74. The van der Waals surface area contributed by atoms with Gasteiger partial charge >= 0.3 is 0 Å². The van der Waals surface area contributed by atoms with Gasteiger partial charge < -0.3 is 15.3 Å². The van der Waals surface area contributed by atoms with Crippen LogP contribution in [0.5, 0.6) is 0 Å². The van der Waals surface area contributed by atoms with E-state index in [1.54, 1.807) is 19.1 Å². The summed E-state index contributed by atoms with van der Waals surface area (Å²) >= 11 is 0. The van der Waals surface area contributed by atoms with Crippen molar-refractivity contribution < 1.29 is 36.9 Å². The second-order valence-electron chi connectivity index (χ2n) is 13.0. The van der Waals surface area contributed by atoms with Gasteiger partial charge in [0.05, 0.1) is 16.7 Å². The molecule has 9 nitrogen and oxygen atoms in total. The summed E-state index contributed by atoms with van der Waals surface area (Å²) in [5.41, 5.74) is -4.05. The molecule has 0 spiro atoms. The monoisotopic (exact) mass is 689 g/mol. The van der Waals surface area contributed by atoms with E-state index >= 15 is 0 Å². The summed E-state index contributed by atoms with van der Waals surface area (Å²) in [5, 5.41) is 34.0. The van der Waals surface area contributed by atoms with Crippen LogP contribution in [0.3, 0.4) is 0 Å². The van der Waals surface area contributed by atoms with Crippen molar-refractivity contribution in [3.8, 4) is 0 Å². The summed E-state index contributed by atoms with van der Waals surface area (Å²) < 4.78 is 55.3. The third kappa shape index (κ3) is 15.2. The fraction of sp³-hybridized carbons (Fsp3) is 0.800. The maximum atomic E-state index is 13.3. The molecule has 0 aliphatic rings. The van der Waals surface area contributed by atoms with Crippen molar-refractivity contribution in [2.75, 3.05) is 5.75 Å². The van der Waals surface area contributed by atoms with Crippen LogP contribution < -0.4 is 4.72 Å². The Balaban J connectivity index is 3.00. The molecule has 4 N–H and O–H groups in total.